The molecule has 0 bridgehead atoms. The van der Waals surface area contributed by atoms with Gasteiger partial charge in [-0.25, -0.2) is 14.2 Å². The van der Waals surface area contributed by atoms with Crippen molar-refractivity contribution in [1.29, 1.82) is 0 Å². The fourth-order valence-electron chi connectivity index (χ4n) is 2.79. The lowest BCUT2D eigenvalue weighted by Crippen LogP contribution is -2.37. The van der Waals surface area contributed by atoms with Gasteiger partial charge in [-0.2, -0.15) is 5.10 Å². The lowest BCUT2D eigenvalue weighted by molar-refractivity contribution is 0.122. The van der Waals surface area contributed by atoms with E-state index in [1.54, 1.807) is 29.0 Å². The summed E-state index contributed by atoms with van der Waals surface area (Å²) in [6, 6.07) is 1.17. The van der Waals surface area contributed by atoms with Gasteiger partial charge in [0.15, 0.2) is 11.6 Å². The highest BCUT2D eigenvalue weighted by atomic mass is 19.1. The van der Waals surface area contributed by atoms with Crippen LogP contribution in [0.3, 0.4) is 0 Å². The average molecular weight is 362 g/mol. The maximum absolute atomic E-state index is 14.3. The van der Waals surface area contributed by atoms with Gasteiger partial charge in [-0.1, -0.05) is 0 Å². The van der Waals surface area contributed by atoms with Crippen molar-refractivity contribution in [1.82, 2.24) is 25.0 Å². The van der Waals surface area contributed by atoms with Crippen LogP contribution >= 0.6 is 0 Å². The third kappa shape index (κ3) is 4.48. The number of pyridine rings is 1. The smallest absolute Gasteiger partial charge is 0.317 e. The molecule has 1 saturated heterocycles. The zero-order chi connectivity index (χ0) is 18.5. The summed E-state index contributed by atoms with van der Waals surface area (Å²) in [6.45, 7) is 3.05. The van der Waals surface area contributed by atoms with E-state index in [0.717, 1.165) is 5.56 Å². The maximum atomic E-state index is 14.3. The van der Waals surface area contributed by atoms with Gasteiger partial charge >= 0.3 is 6.03 Å². The highest BCUT2D eigenvalue weighted by Gasteiger charge is 2.17. The van der Waals surface area contributed by atoms with Gasteiger partial charge in [0.25, 0.3) is 0 Å². The number of nitrogens with one attached hydrogen (secondary N) is 1. The summed E-state index contributed by atoms with van der Waals surface area (Å²) >= 11 is 0. The van der Waals surface area contributed by atoms with E-state index < -0.39 is 0 Å². The van der Waals surface area contributed by atoms with Crippen LogP contribution in [-0.4, -0.2) is 59.0 Å². The van der Waals surface area contributed by atoms with Crippen molar-refractivity contribution in [3.8, 4) is 0 Å². The van der Waals surface area contributed by atoms with Gasteiger partial charge in [0.2, 0.25) is 0 Å². The number of nitrogens with zero attached hydrogens (tertiary/aromatic N) is 5. The number of carbonyl (C=O) groups excluding carboxylic acids is 1. The Hall–Kier alpha value is -2.68. The summed E-state index contributed by atoms with van der Waals surface area (Å²) in [6.07, 6.45) is 5.16. The van der Waals surface area contributed by atoms with Crippen LogP contribution in [0.5, 0.6) is 0 Å². The summed E-state index contributed by atoms with van der Waals surface area (Å²) in [4.78, 5) is 19.8. The van der Waals surface area contributed by atoms with Crippen LogP contribution in [0.2, 0.25) is 0 Å². The summed E-state index contributed by atoms with van der Waals surface area (Å²) in [5, 5.41) is 6.85. The van der Waals surface area contributed by atoms with Gasteiger partial charge < -0.3 is 19.9 Å². The number of morpholine rings is 1. The Bertz CT molecular complexity index is 759. The molecule has 0 aliphatic carbocycles. The number of carbonyl (C=O) groups is 1. The Morgan fingerprint density at radius 2 is 2.12 bits per heavy atom. The fraction of sp³-hybridized carbons (Fsp3) is 0.471. The summed E-state index contributed by atoms with van der Waals surface area (Å²) in [5.41, 5.74) is 1.55. The van der Waals surface area contributed by atoms with Gasteiger partial charge in [-0.3, -0.25) is 4.68 Å². The Balaban J connectivity index is 1.53. The highest BCUT2D eigenvalue weighted by molar-refractivity contribution is 5.73. The summed E-state index contributed by atoms with van der Waals surface area (Å²) in [7, 11) is 3.52. The number of hydrogen-bond acceptors (Lipinski definition) is 5. The molecule has 8 nitrogen and oxygen atoms in total. The number of urea groups is 1. The van der Waals surface area contributed by atoms with E-state index in [4.69, 9.17) is 4.74 Å². The molecule has 3 rings (SSSR count). The highest BCUT2D eigenvalue weighted by Crippen LogP contribution is 2.18. The number of ether oxygens (including phenoxy) is 1. The molecule has 0 spiro atoms. The molecule has 1 N–H and O–H groups in total. The second-order valence-electron chi connectivity index (χ2n) is 6.29. The largest absolute Gasteiger partial charge is 0.378 e. The van der Waals surface area contributed by atoms with E-state index in [9.17, 15) is 9.18 Å². The van der Waals surface area contributed by atoms with E-state index in [1.807, 2.05) is 18.1 Å². The molecule has 1 aliphatic heterocycles. The Morgan fingerprint density at radius 1 is 1.35 bits per heavy atom. The van der Waals surface area contributed by atoms with E-state index in [0.29, 0.717) is 44.2 Å². The van der Waals surface area contributed by atoms with Crippen LogP contribution in [0.4, 0.5) is 15.0 Å². The minimum atomic E-state index is -0.387. The molecule has 26 heavy (non-hydrogen) atoms. The zero-order valence-corrected chi connectivity index (χ0v) is 15.0. The molecule has 2 amide bonds. The first-order chi connectivity index (χ1) is 12.5. The quantitative estimate of drug-likeness (QED) is 0.863. The van der Waals surface area contributed by atoms with Crippen LogP contribution in [0.15, 0.2) is 24.7 Å². The number of amides is 2. The normalized spacial score (nSPS) is 14.3. The van der Waals surface area contributed by atoms with Crippen LogP contribution in [0.25, 0.3) is 0 Å². The van der Waals surface area contributed by atoms with Crippen molar-refractivity contribution < 1.29 is 13.9 Å². The Kier molecular flexibility index (Phi) is 5.67. The van der Waals surface area contributed by atoms with Crippen LogP contribution < -0.4 is 10.2 Å². The van der Waals surface area contributed by atoms with Crippen LogP contribution in [0, 0.1) is 5.82 Å². The molecule has 0 aromatic carbocycles. The lowest BCUT2D eigenvalue weighted by atomic mass is 10.2. The predicted molar refractivity (Wildman–Crippen MR) is 94.1 cm³/mol. The first-order valence-electron chi connectivity index (χ1n) is 8.46. The molecule has 140 valence electrons. The third-order valence-corrected chi connectivity index (χ3v) is 4.16. The van der Waals surface area contributed by atoms with E-state index in [2.05, 4.69) is 15.4 Å². The van der Waals surface area contributed by atoms with Crippen molar-refractivity contribution in [3.05, 3.63) is 41.6 Å². The molecule has 1 aliphatic rings. The fourth-order valence-corrected chi connectivity index (χ4v) is 2.79. The van der Waals surface area contributed by atoms with Crippen molar-refractivity contribution in [3.63, 3.8) is 0 Å². The molecule has 1 fully saturated rings. The second-order valence-corrected chi connectivity index (χ2v) is 6.29. The van der Waals surface area contributed by atoms with E-state index in [1.165, 1.54) is 6.07 Å². The molecule has 0 unspecified atom stereocenters. The van der Waals surface area contributed by atoms with Gasteiger partial charge in [0, 0.05) is 51.7 Å². The predicted octanol–water partition coefficient (Wildman–Crippen LogP) is 1.13. The number of aryl methyl sites for hydroxylation is 1. The number of halogens is 1. The molecule has 9 heteroatoms. The van der Waals surface area contributed by atoms with E-state index in [-0.39, 0.29) is 18.4 Å². The molecular formula is C17H23FN6O2. The van der Waals surface area contributed by atoms with Gasteiger partial charge in [0.05, 0.1) is 26.0 Å². The minimum Gasteiger partial charge on any atom is -0.378 e. The van der Waals surface area contributed by atoms with E-state index >= 15 is 0 Å². The summed E-state index contributed by atoms with van der Waals surface area (Å²) in [5.74, 6) is -0.0561. The number of anilines is 1. The van der Waals surface area contributed by atoms with Gasteiger partial charge in [-0.15, -0.1) is 0 Å². The molecule has 0 atom stereocenters. The standard InChI is InChI=1S/C17H23FN6O2/c1-22(11-14-10-21-23(2)12-14)17(25)20-9-13-7-15(18)16(19-8-13)24-3-5-26-6-4-24/h7-8,10,12H,3-6,9,11H2,1-2H3,(H,20,25). The average Bonchev–Trinajstić information content (AvgIpc) is 3.05. The molecule has 0 saturated carbocycles. The SMILES string of the molecule is CN(Cc1cnn(C)c1)C(=O)NCc1cnc(N2CCOCC2)c(F)c1. The van der Waals surface area contributed by atoms with Gasteiger partial charge in [0.1, 0.15) is 0 Å². The lowest BCUT2D eigenvalue weighted by Gasteiger charge is -2.28. The molecule has 2 aromatic heterocycles. The monoisotopic (exact) mass is 362 g/mol. The zero-order valence-electron chi connectivity index (χ0n) is 15.0. The van der Waals surface area contributed by atoms with Crippen LogP contribution in [0.1, 0.15) is 11.1 Å². The molecular weight excluding hydrogens is 339 g/mol. The Labute approximate surface area is 151 Å². The molecule has 3 heterocycles. The van der Waals surface area contributed by atoms with Gasteiger partial charge in [-0.05, 0) is 11.6 Å². The van der Waals surface area contributed by atoms with Crippen molar-refractivity contribution >= 4 is 11.8 Å². The molecule has 0 radical (unpaired) electrons. The Morgan fingerprint density at radius 3 is 2.77 bits per heavy atom. The third-order valence-electron chi connectivity index (χ3n) is 4.16. The topological polar surface area (TPSA) is 75.5 Å². The second kappa shape index (κ2) is 8.13. The summed E-state index contributed by atoms with van der Waals surface area (Å²) < 4.78 is 21.3. The van der Waals surface area contributed by atoms with Crippen molar-refractivity contribution in [2.75, 3.05) is 38.3 Å². The first kappa shape index (κ1) is 18.1. The first-order valence-corrected chi connectivity index (χ1v) is 8.46. The maximum Gasteiger partial charge on any atom is 0.317 e. The number of aromatic nitrogens is 3. The van der Waals surface area contributed by atoms with Crippen molar-refractivity contribution in [2.24, 2.45) is 7.05 Å². The number of rotatable bonds is 5. The molecule has 2 aromatic rings. The number of hydrogen-bond donors (Lipinski definition) is 1. The van der Waals surface area contributed by atoms with Crippen LogP contribution in [-0.2, 0) is 24.9 Å². The minimum absolute atomic E-state index is 0.212. The van der Waals surface area contributed by atoms with Crippen molar-refractivity contribution in [2.45, 2.75) is 13.1 Å².